The minimum atomic E-state index is -1.07. The van der Waals surface area contributed by atoms with Gasteiger partial charge in [0.1, 0.15) is 0 Å². The molecule has 1 heterocycles. The first-order valence-electron chi connectivity index (χ1n) is 8.29. The predicted octanol–water partition coefficient (Wildman–Crippen LogP) is 3.36. The molecule has 23 heavy (non-hydrogen) atoms. The molecule has 0 unspecified atom stereocenters. The van der Waals surface area contributed by atoms with Crippen LogP contribution < -0.4 is 0 Å². The normalized spacial score (nSPS) is 20.6. The van der Waals surface area contributed by atoms with Crippen LogP contribution in [0.1, 0.15) is 39.2 Å². The zero-order chi connectivity index (χ0) is 16.9. The van der Waals surface area contributed by atoms with E-state index in [1.807, 2.05) is 45.0 Å². The molecule has 3 nitrogen and oxygen atoms in total. The number of ether oxygens (including phenoxy) is 1. The van der Waals surface area contributed by atoms with Gasteiger partial charge in [0.2, 0.25) is 0 Å². The summed E-state index contributed by atoms with van der Waals surface area (Å²) in [7, 11) is -1.07. The van der Waals surface area contributed by atoms with E-state index in [-0.39, 0.29) is 29.3 Å². The van der Waals surface area contributed by atoms with Crippen LogP contribution in [0.5, 0.6) is 0 Å². The van der Waals surface area contributed by atoms with Crippen molar-refractivity contribution >= 4 is 16.6 Å². The lowest BCUT2D eigenvalue weighted by molar-refractivity contribution is 0.0938. The largest absolute Gasteiger partial charge is 0.499 e. The molecule has 0 aliphatic carbocycles. The molecule has 3 atom stereocenters. The second-order valence-electron chi connectivity index (χ2n) is 7.11. The average molecular weight is 334 g/mol. The topological polar surface area (TPSA) is 46.5 Å². The number of rotatable bonds is 6. The molecule has 0 fully saturated rings. The van der Waals surface area contributed by atoms with Gasteiger partial charge in [-0.25, -0.2) is 0 Å². The maximum Gasteiger partial charge on any atom is 0.266 e. The third-order valence-electron chi connectivity index (χ3n) is 4.29. The fraction of sp³-hybridized carbons (Fsp3) is 0.556. The molecule has 1 aliphatic heterocycles. The van der Waals surface area contributed by atoms with E-state index in [1.165, 1.54) is 0 Å². The van der Waals surface area contributed by atoms with E-state index in [0.717, 1.165) is 18.4 Å². The first-order chi connectivity index (χ1) is 10.9. The maximum absolute atomic E-state index is 13.1. The number of aliphatic hydroxyl groups is 1. The van der Waals surface area contributed by atoms with Crippen molar-refractivity contribution in [1.29, 1.82) is 0 Å². The Kier molecular flexibility index (Phi) is 6.48. The molecule has 1 aromatic carbocycles. The predicted molar refractivity (Wildman–Crippen MR) is 97.9 cm³/mol. The smallest absolute Gasteiger partial charge is 0.266 e. The summed E-state index contributed by atoms with van der Waals surface area (Å²) >= 11 is 0. The van der Waals surface area contributed by atoms with Gasteiger partial charge >= 0.3 is 0 Å². The molecule has 1 aromatic rings. The number of hydrogen-bond donors (Lipinski definition) is 1. The highest BCUT2D eigenvalue weighted by atomic mass is 32.2. The lowest BCUT2D eigenvalue weighted by atomic mass is 9.56. The Balaban J connectivity index is 2.27. The van der Waals surface area contributed by atoms with Crippen molar-refractivity contribution in [3.05, 3.63) is 48.2 Å². The van der Waals surface area contributed by atoms with Gasteiger partial charge in [-0.1, -0.05) is 35.9 Å². The summed E-state index contributed by atoms with van der Waals surface area (Å²) < 4.78 is 18.6. The summed E-state index contributed by atoms with van der Waals surface area (Å²) in [6.45, 7) is 5.99. The van der Waals surface area contributed by atoms with Crippen LogP contribution in [0.3, 0.4) is 0 Å². The molecule has 0 saturated heterocycles. The minimum absolute atomic E-state index is 0.00216. The summed E-state index contributed by atoms with van der Waals surface area (Å²) in [5.41, 5.74) is 1.15. The molecule has 126 valence electrons. The van der Waals surface area contributed by atoms with Crippen LogP contribution in [0.2, 0.25) is 5.82 Å². The molecule has 0 spiro atoms. The van der Waals surface area contributed by atoms with Gasteiger partial charge < -0.3 is 9.84 Å². The number of allylic oxidation sites excluding steroid dienone is 1. The van der Waals surface area contributed by atoms with Crippen LogP contribution in [0, 0.1) is 0 Å². The summed E-state index contributed by atoms with van der Waals surface area (Å²) in [4.78, 5) is 0. The molecule has 1 aliphatic rings. The quantitative estimate of drug-likeness (QED) is 0.812. The maximum atomic E-state index is 13.1. The highest BCUT2D eigenvalue weighted by Gasteiger charge is 2.41. The van der Waals surface area contributed by atoms with Gasteiger partial charge in [-0.15, -0.1) is 0 Å². The first kappa shape index (κ1) is 18.3. The van der Waals surface area contributed by atoms with Crippen LogP contribution in [0.25, 0.3) is 0 Å². The minimum Gasteiger partial charge on any atom is -0.499 e. The lowest BCUT2D eigenvalue weighted by Gasteiger charge is -2.34. The number of benzene rings is 1. The van der Waals surface area contributed by atoms with Gasteiger partial charge in [0.05, 0.1) is 12.4 Å². The van der Waals surface area contributed by atoms with Crippen molar-refractivity contribution in [3.63, 3.8) is 0 Å². The SMILES string of the molecule is CC(C)(C)[S@](=O)B(Cc1ccccc1)[C@@H](CO)[C@@H]1CCC=CO1. The fourth-order valence-electron chi connectivity index (χ4n) is 3.03. The standard InChI is InChI=1S/C18H27BO3S/c1-18(2,3)23(21)19(13-15-9-5-4-6-10-15)16(14-20)17-11-7-8-12-22-17/h4-6,8-10,12,16-17,20H,7,11,13-14H2,1-3H3/t16-,17-,23-/m0/s1. The van der Waals surface area contributed by atoms with Crippen LogP contribution in [-0.4, -0.2) is 32.8 Å². The van der Waals surface area contributed by atoms with Crippen molar-refractivity contribution in [2.75, 3.05) is 6.61 Å². The molecule has 5 heteroatoms. The highest BCUT2D eigenvalue weighted by Crippen LogP contribution is 2.31. The van der Waals surface area contributed by atoms with Gasteiger partial charge in [0.25, 0.3) is 5.99 Å². The van der Waals surface area contributed by atoms with Gasteiger partial charge in [-0.3, -0.25) is 4.21 Å². The number of hydrogen-bond acceptors (Lipinski definition) is 3. The van der Waals surface area contributed by atoms with Gasteiger partial charge in [0, 0.05) is 17.2 Å². The van der Waals surface area contributed by atoms with E-state index in [9.17, 15) is 9.32 Å². The molecule has 2 rings (SSSR count). The van der Waals surface area contributed by atoms with E-state index in [2.05, 4.69) is 12.1 Å². The van der Waals surface area contributed by atoms with Gasteiger partial charge in [0.15, 0.2) is 0 Å². The van der Waals surface area contributed by atoms with Crippen molar-refractivity contribution in [1.82, 2.24) is 0 Å². The van der Waals surface area contributed by atoms with E-state index in [1.54, 1.807) is 6.26 Å². The van der Waals surface area contributed by atoms with Crippen LogP contribution >= 0.6 is 0 Å². The monoisotopic (exact) mass is 334 g/mol. The molecular weight excluding hydrogens is 307 g/mol. The molecule has 0 radical (unpaired) electrons. The first-order valence-corrected chi connectivity index (χ1v) is 9.50. The molecule has 0 amide bonds. The van der Waals surface area contributed by atoms with Crippen molar-refractivity contribution < 1.29 is 14.1 Å². The van der Waals surface area contributed by atoms with Gasteiger partial charge in [-0.05, 0) is 56.7 Å². The van der Waals surface area contributed by atoms with Crippen molar-refractivity contribution in [2.24, 2.45) is 0 Å². The zero-order valence-electron chi connectivity index (χ0n) is 14.3. The van der Waals surface area contributed by atoms with E-state index in [0.29, 0.717) is 6.32 Å². The van der Waals surface area contributed by atoms with Gasteiger partial charge in [-0.2, -0.15) is 0 Å². The second-order valence-corrected chi connectivity index (χ2v) is 9.53. The Labute approximate surface area is 142 Å². The molecule has 0 aromatic heterocycles. The highest BCUT2D eigenvalue weighted by molar-refractivity contribution is 8.14. The van der Waals surface area contributed by atoms with Crippen molar-refractivity contribution in [3.8, 4) is 0 Å². The van der Waals surface area contributed by atoms with E-state index < -0.39 is 10.7 Å². The van der Waals surface area contributed by atoms with E-state index >= 15 is 0 Å². The molecule has 0 bridgehead atoms. The Morgan fingerprint density at radius 2 is 2.04 bits per heavy atom. The summed E-state index contributed by atoms with van der Waals surface area (Å²) in [5, 5.41) is 10.0. The van der Waals surface area contributed by atoms with Crippen molar-refractivity contribution in [2.45, 2.75) is 56.6 Å². The third kappa shape index (κ3) is 4.95. The Morgan fingerprint density at radius 1 is 1.35 bits per heavy atom. The zero-order valence-corrected chi connectivity index (χ0v) is 15.1. The summed E-state index contributed by atoms with van der Waals surface area (Å²) in [6.07, 6.45) is 6.16. The molecular formula is C18H27BO3S. The Hall–Kier alpha value is -1.07. The number of aliphatic hydroxyl groups excluding tert-OH is 1. The van der Waals surface area contributed by atoms with Crippen LogP contribution in [0.4, 0.5) is 0 Å². The van der Waals surface area contributed by atoms with Crippen LogP contribution in [-0.2, 0) is 21.7 Å². The Morgan fingerprint density at radius 3 is 2.57 bits per heavy atom. The fourth-order valence-corrected chi connectivity index (χ4v) is 4.86. The molecule has 0 saturated carbocycles. The lowest BCUT2D eigenvalue weighted by Crippen LogP contribution is -2.45. The van der Waals surface area contributed by atoms with Crippen LogP contribution in [0.15, 0.2) is 42.7 Å². The Bertz CT molecular complexity index is 539. The summed E-state index contributed by atoms with van der Waals surface area (Å²) in [6, 6.07) is 10.1. The molecule has 1 N–H and O–H groups in total. The summed E-state index contributed by atoms with van der Waals surface area (Å²) in [5.74, 6) is -0.251. The third-order valence-corrected chi connectivity index (χ3v) is 6.56. The average Bonchev–Trinajstić information content (AvgIpc) is 2.55. The second kappa shape index (κ2) is 8.16. The van der Waals surface area contributed by atoms with E-state index in [4.69, 9.17) is 4.74 Å².